The van der Waals surface area contributed by atoms with Crippen LogP contribution >= 0.6 is 0 Å². The normalized spacial score (nSPS) is 18.2. The molecular weight excluding hydrogens is 502 g/mol. The van der Waals surface area contributed by atoms with Crippen molar-refractivity contribution in [2.24, 2.45) is 0 Å². The zero-order chi connectivity index (χ0) is 28.1. The molecule has 0 bridgehead atoms. The van der Waals surface area contributed by atoms with E-state index in [4.69, 9.17) is 9.47 Å². The molecule has 40 heavy (non-hydrogen) atoms. The van der Waals surface area contributed by atoms with Crippen molar-refractivity contribution in [3.8, 4) is 5.75 Å². The summed E-state index contributed by atoms with van der Waals surface area (Å²) in [6.45, 7) is 9.15. The standard InChI is InChI=1S/C33H39N3O4/c1-24-8-7-11-28(22-24)31-30-23-29(40-25(2)32(37)35-18-16-34(17-19-35)20-21-39-3)13-12-26(30)14-15-36(31)33(38)27-9-5-4-6-10-27/h4-13,22-23,25,31H,14-21H2,1-3H3/t25-,31-/m0/s1. The molecule has 2 amide bonds. The van der Waals surface area contributed by atoms with Gasteiger partial charge >= 0.3 is 0 Å². The topological polar surface area (TPSA) is 62.3 Å². The number of fused-ring (bicyclic) bond motifs is 1. The van der Waals surface area contributed by atoms with E-state index in [1.54, 1.807) is 7.11 Å². The molecule has 5 rings (SSSR count). The van der Waals surface area contributed by atoms with Gasteiger partial charge in [0.25, 0.3) is 11.8 Å². The minimum Gasteiger partial charge on any atom is -0.481 e. The van der Waals surface area contributed by atoms with Crippen LogP contribution in [-0.4, -0.2) is 85.6 Å². The highest BCUT2D eigenvalue weighted by molar-refractivity contribution is 5.95. The van der Waals surface area contributed by atoms with E-state index in [1.165, 1.54) is 5.56 Å². The Labute approximate surface area is 237 Å². The van der Waals surface area contributed by atoms with Crippen LogP contribution in [0.5, 0.6) is 5.75 Å². The number of ether oxygens (including phenoxy) is 2. The molecule has 7 heteroatoms. The average molecular weight is 542 g/mol. The van der Waals surface area contributed by atoms with E-state index in [0.29, 0.717) is 37.6 Å². The van der Waals surface area contributed by atoms with Crippen molar-refractivity contribution in [3.05, 3.63) is 101 Å². The van der Waals surface area contributed by atoms with E-state index in [0.717, 1.165) is 42.7 Å². The van der Waals surface area contributed by atoms with Gasteiger partial charge in [-0.1, -0.05) is 54.1 Å². The molecule has 0 unspecified atom stereocenters. The fourth-order valence-electron chi connectivity index (χ4n) is 5.76. The molecular formula is C33H39N3O4. The second-order valence-electron chi connectivity index (χ2n) is 10.7. The fourth-order valence-corrected chi connectivity index (χ4v) is 5.76. The number of nitrogens with zero attached hydrogens (tertiary/aromatic N) is 3. The summed E-state index contributed by atoms with van der Waals surface area (Å²) in [6.07, 6.45) is 0.157. The number of carbonyl (C=O) groups is 2. The third-order valence-electron chi connectivity index (χ3n) is 7.94. The maximum atomic E-state index is 13.7. The largest absolute Gasteiger partial charge is 0.481 e. The monoisotopic (exact) mass is 541 g/mol. The third kappa shape index (κ3) is 6.21. The summed E-state index contributed by atoms with van der Waals surface area (Å²) in [5, 5.41) is 0. The lowest BCUT2D eigenvalue weighted by molar-refractivity contribution is -0.139. The van der Waals surface area contributed by atoms with Crippen LogP contribution in [0.25, 0.3) is 0 Å². The lowest BCUT2D eigenvalue weighted by atomic mass is 9.87. The second-order valence-corrected chi connectivity index (χ2v) is 10.7. The van der Waals surface area contributed by atoms with Crippen LogP contribution in [0.1, 0.15) is 45.6 Å². The number of rotatable bonds is 8. The summed E-state index contributed by atoms with van der Waals surface area (Å²) < 4.78 is 11.4. The van der Waals surface area contributed by atoms with Crippen molar-refractivity contribution in [2.45, 2.75) is 32.4 Å². The maximum absolute atomic E-state index is 13.7. The van der Waals surface area contributed by atoms with Crippen molar-refractivity contribution in [1.29, 1.82) is 0 Å². The van der Waals surface area contributed by atoms with Gasteiger partial charge in [-0.25, -0.2) is 0 Å². The number of hydrogen-bond donors (Lipinski definition) is 0. The molecule has 0 spiro atoms. The van der Waals surface area contributed by atoms with E-state index in [-0.39, 0.29) is 17.9 Å². The molecule has 0 N–H and O–H groups in total. The molecule has 2 aliphatic heterocycles. The molecule has 210 valence electrons. The van der Waals surface area contributed by atoms with Crippen LogP contribution in [0.4, 0.5) is 0 Å². The van der Waals surface area contributed by atoms with Crippen LogP contribution in [0.3, 0.4) is 0 Å². The van der Waals surface area contributed by atoms with E-state index in [1.807, 2.05) is 65.3 Å². The first kappa shape index (κ1) is 27.9. The average Bonchev–Trinajstić information content (AvgIpc) is 2.99. The molecule has 0 radical (unpaired) electrons. The highest BCUT2D eigenvalue weighted by Gasteiger charge is 2.33. The van der Waals surface area contributed by atoms with Gasteiger partial charge in [0.15, 0.2) is 6.10 Å². The van der Waals surface area contributed by atoms with Crippen LogP contribution in [-0.2, 0) is 16.0 Å². The summed E-state index contributed by atoms with van der Waals surface area (Å²) in [6, 6.07) is 23.6. The Bertz CT molecular complexity index is 1320. The first-order valence-corrected chi connectivity index (χ1v) is 14.2. The van der Waals surface area contributed by atoms with Crippen molar-refractivity contribution in [1.82, 2.24) is 14.7 Å². The fraction of sp³-hybridized carbons (Fsp3) is 0.394. The number of aryl methyl sites for hydroxylation is 1. The Kier molecular flexibility index (Phi) is 8.82. The first-order valence-electron chi connectivity index (χ1n) is 14.2. The zero-order valence-corrected chi connectivity index (χ0v) is 23.7. The summed E-state index contributed by atoms with van der Waals surface area (Å²) in [5.41, 5.74) is 5.13. The Balaban J connectivity index is 1.37. The molecule has 2 aliphatic rings. The van der Waals surface area contributed by atoms with E-state index >= 15 is 0 Å². The number of methoxy groups -OCH3 is 1. The van der Waals surface area contributed by atoms with Gasteiger partial charge in [0.1, 0.15) is 5.75 Å². The van der Waals surface area contributed by atoms with Crippen molar-refractivity contribution in [2.75, 3.05) is 53.0 Å². The van der Waals surface area contributed by atoms with E-state index < -0.39 is 6.10 Å². The highest BCUT2D eigenvalue weighted by Crippen LogP contribution is 2.38. The number of amides is 2. The van der Waals surface area contributed by atoms with Gasteiger partial charge < -0.3 is 19.3 Å². The number of hydrogen-bond acceptors (Lipinski definition) is 5. The Hall–Kier alpha value is -3.68. The Morgan fingerprint density at radius 1 is 0.925 bits per heavy atom. The lowest BCUT2D eigenvalue weighted by Gasteiger charge is -2.38. The first-order chi connectivity index (χ1) is 19.4. The third-order valence-corrected chi connectivity index (χ3v) is 7.94. The van der Waals surface area contributed by atoms with E-state index in [9.17, 15) is 9.59 Å². The van der Waals surface area contributed by atoms with Crippen molar-refractivity contribution in [3.63, 3.8) is 0 Å². The quantitative estimate of drug-likeness (QED) is 0.425. The van der Waals surface area contributed by atoms with Gasteiger partial charge in [0.2, 0.25) is 0 Å². The number of carbonyl (C=O) groups excluding carboxylic acids is 2. The van der Waals surface area contributed by atoms with Crippen molar-refractivity contribution < 1.29 is 19.1 Å². The molecule has 7 nitrogen and oxygen atoms in total. The second kappa shape index (κ2) is 12.7. The van der Waals surface area contributed by atoms with Crippen LogP contribution in [0.2, 0.25) is 0 Å². The lowest BCUT2D eigenvalue weighted by Crippen LogP contribution is -2.52. The van der Waals surface area contributed by atoms with Gasteiger partial charge in [-0.3, -0.25) is 14.5 Å². The van der Waals surface area contributed by atoms with Gasteiger partial charge in [0.05, 0.1) is 12.6 Å². The van der Waals surface area contributed by atoms with Crippen LogP contribution in [0, 0.1) is 6.92 Å². The molecule has 2 heterocycles. The zero-order valence-electron chi connectivity index (χ0n) is 23.7. The molecule has 1 fully saturated rings. The van der Waals surface area contributed by atoms with Gasteiger partial charge in [-0.15, -0.1) is 0 Å². The molecule has 2 atom stereocenters. The highest BCUT2D eigenvalue weighted by atomic mass is 16.5. The number of piperazine rings is 1. The Morgan fingerprint density at radius 3 is 2.42 bits per heavy atom. The molecule has 0 aliphatic carbocycles. The van der Waals surface area contributed by atoms with Gasteiger partial charge in [0, 0.05) is 51.9 Å². The van der Waals surface area contributed by atoms with Crippen LogP contribution < -0.4 is 4.74 Å². The molecule has 0 aromatic heterocycles. The van der Waals surface area contributed by atoms with Crippen molar-refractivity contribution >= 4 is 11.8 Å². The van der Waals surface area contributed by atoms with Crippen LogP contribution in [0.15, 0.2) is 72.8 Å². The summed E-state index contributed by atoms with van der Waals surface area (Å²) in [5.74, 6) is 0.655. The maximum Gasteiger partial charge on any atom is 0.263 e. The van der Waals surface area contributed by atoms with Gasteiger partial charge in [-0.05, 0) is 61.2 Å². The molecule has 3 aromatic carbocycles. The predicted octanol–water partition coefficient (Wildman–Crippen LogP) is 4.34. The smallest absolute Gasteiger partial charge is 0.263 e. The summed E-state index contributed by atoms with van der Waals surface area (Å²) in [7, 11) is 1.71. The summed E-state index contributed by atoms with van der Waals surface area (Å²) in [4.78, 5) is 33.1. The molecule has 3 aromatic rings. The Morgan fingerprint density at radius 2 is 1.70 bits per heavy atom. The predicted molar refractivity (Wildman–Crippen MR) is 156 cm³/mol. The number of benzene rings is 3. The minimum atomic E-state index is -0.605. The molecule has 0 saturated carbocycles. The van der Waals surface area contributed by atoms with Gasteiger partial charge in [-0.2, -0.15) is 0 Å². The molecule has 1 saturated heterocycles. The minimum absolute atomic E-state index is 0.000211. The van der Waals surface area contributed by atoms with E-state index in [2.05, 4.69) is 36.1 Å². The SMILES string of the molecule is COCCN1CCN(C(=O)[C@H](C)Oc2ccc3c(c2)[C@H](c2cccc(C)c2)N(C(=O)c2ccccc2)CC3)CC1. The summed E-state index contributed by atoms with van der Waals surface area (Å²) >= 11 is 0.